The van der Waals surface area contributed by atoms with Gasteiger partial charge in [-0.3, -0.25) is 4.79 Å². The highest BCUT2D eigenvalue weighted by atomic mass is 32.2. The first-order valence-electron chi connectivity index (χ1n) is 7.28. The molecule has 0 spiro atoms. The van der Waals surface area contributed by atoms with Crippen molar-refractivity contribution in [3.05, 3.63) is 64.0 Å². The van der Waals surface area contributed by atoms with Crippen LogP contribution < -0.4 is 10.2 Å². The molecule has 0 atom stereocenters. The maximum Gasteiger partial charge on any atom is 0.213 e. The molecule has 0 fully saturated rings. The summed E-state index contributed by atoms with van der Waals surface area (Å²) in [5.41, 5.74) is 0.653. The highest BCUT2D eigenvalue weighted by Gasteiger charge is 2.26. The van der Waals surface area contributed by atoms with E-state index in [0.29, 0.717) is 11.3 Å². The Hall–Kier alpha value is -2.60. The lowest BCUT2D eigenvalue weighted by Crippen LogP contribution is -2.17. The predicted octanol–water partition coefficient (Wildman–Crippen LogP) is 3.25. The van der Waals surface area contributed by atoms with Gasteiger partial charge in [-0.25, -0.2) is 8.42 Å². The predicted molar refractivity (Wildman–Crippen MR) is 90.4 cm³/mol. The molecule has 0 aliphatic heterocycles. The molecular formula is C18H16O5S. The molecule has 1 aromatic heterocycles. The molecule has 0 saturated carbocycles. The molecule has 0 aliphatic carbocycles. The van der Waals surface area contributed by atoms with E-state index in [1.807, 2.05) is 6.92 Å². The molecule has 0 aliphatic rings. The van der Waals surface area contributed by atoms with Gasteiger partial charge in [0, 0.05) is 6.07 Å². The van der Waals surface area contributed by atoms with Crippen LogP contribution in [0.3, 0.4) is 0 Å². The largest absolute Gasteiger partial charge is 0.497 e. The summed E-state index contributed by atoms with van der Waals surface area (Å²) in [6.07, 6.45) is 0. The van der Waals surface area contributed by atoms with Gasteiger partial charge in [0.15, 0.2) is 4.90 Å². The molecule has 124 valence electrons. The van der Waals surface area contributed by atoms with Crippen molar-refractivity contribution in [2.45, 2.75) is 23.6 Å². The van der Waals surface area contributed by atoms with Crippen LogP contribution in [0.2, 0.25) is 0 Å². The number of ether oxygens (including phenoxy) is 1. The van der Waals surface area contributed by atoms with E-state index in [9.17, 15) is 13.2 Å². The second-order valence-electron chi connectivity index (χ2n) is 5.50. The first kappa shape index (κ1) is 16.3. The molecule has 24 heavy (non-hydrogen) atoms. The third-order valence-electron chi connectivity index (χ3n) is 3.82. The number of methoxy groups -OCH3 is 1. The summed E-state index contributed by atoms with van der Waals surface area (Å²) >= 11 is 0. The fourth-order valence-electron chi connectivity index (χ4n) is 2.54. The quantitative estimate of drug-likeness (QED) is 0.729. The van der Waals surface area contributed by atoms with E-state index in [1.54, 1.807) is 24.3 Å². The molecule has 0 radical (unpaired) electrons. The van der Waals surface area contributed by atoms with Gasteiger partial charge in [-0.15, -0.1) is 0 Å². The van der Waals surface area contributed by atoms with Gasteiger partial charge in [0.25, 0.3) is 0 Å². The number of fused-ring (bicyclic) bond motifs is 1. The van der Waals surface area contributed by atoms with Crippen molar-refractivity contribution in [2.24, 2.45) is 0 Å². The smallest absolute Gasteiger partial charge is 0.213 e. The van der Waals surface area contributed by atoms with Crippen LogP contribution in [0.4, 0.5) is 0 Å². The number of hydrogen-bond acceptors (Lipinski definition) is 5. The lowest BCUT2D eigenvalue weighted by Gasteiger charge is -2.09. The fourth-order valence-corrected chi connectivity index (χ4v) is 4.05. The summed E-state index contributed by atoms with van der Waals surface area (Å²) < 4.78 is 36.4. The Kier molecular flexibility index (Phi) is 3.93. The molecule has 3 aromatic rings. The van der Waals surface area contributed by atoms with Crippen molar-refractivity contribution in [3.63, 3.8) is 0 Å². The minimum Gasteiger partial charge on any atom is -0.497 e. The summed E-state index contributed by atoms with van der Waals surface area (Å²) in [6.45, 7) is 3.33. The van der Waals surface area contributed by atoms with Crippen LogP contribution in [0, 0.1) is 13.8 Å². The van der Waals surface area contributed by atoms with E-state index in [2.05, 4.69) is 0 Å². The third kappa shape index (κ3) is 2.59. The van der Waals surface area contributed by atoms with Gasteiger partial charge >= 0.3 is 0 Å². The van der Waals surface area contributed by atoms with Crippen LogP contribution in [0.5, 0.6) is 5.75 Å². The van der Waals surface area contributed by atoms with E-state index in [1.165, 1.54) is 32.2 Å². The second-order valence-corrected chi connectivity index (χ2v) is 7.38. The maximum absolute atomic E-state index is 12.9. The average molecular weight is 344 g/mol. The van der Waals surface area contributed by atoms with Crippen LogP contribution in [0.1, 0.15) is 11.3 Å². The Balaban J connectivity index is 2.30. The zero-order chi connectivity index (χ0) is 17.5. The van der Waals surface area contributed by atoms with Crippen molar-refractivity contribution < 1.29 is 17.6 Å². The number of aryl methyl sites for hydroxylation is 2. The SMILES string of the molecule is COc1ccc2c(=O)c(S(=O)(=O)c3ccc(C)cc3)c(C)oc2c1. The standard InChI is InChI=1S/C18H16O5S/c1-11-4-7-14(8-5-11)24(20,21)18-12(2)23-16-10-13(22-3)6-9-15(16)17(18)19/h4-10H,1-3H3. The monoisotopic (exact) mass is 344 g/mol. The zero-order valence-electron chi connectivity index (χ0n) is 13.5. The van der Waals surface area contributed by atoms with Crippen molar-refractivity contribution >= 4 is 20.8 Å². The van der Waals surface area contributed by atoms with E-state index in [4.69, 9.17) is 9.15 Å². The summed E-state index contributed by atoms with van der Waals surface area (Å²) in [4.78, 5) is 12.5. The van der Waals surface area contributed by atoms with Gasteiger partial charge in [-0.05, 0) is 38.1 Å². The maximum atomic E-state index is 12.9. The molecule has 3 rings (SSSR count). The molecule has 0 amide bonds. The normalized spacial score (nSPS) is 11.6. The Bertz CT molecular complexity index is 1080. The molecular weight excluding hydrogens is 328 g/mol. The summed E-state index contributed by atoms with van der Waals surface area (Å²) in [6, 6.07) is 11.0. The molecule has 0 unspecified atom stereocenters. The Morgan fingerprint density at radius 2 is 1.67 bits per heavy atom. The summed E-state index contributed by atoms with van der Waals surface area (Å²) in [7, 11) is -2.46. The number of rotatable bonds is 3. The second kappa shape index (κ2) is 5.79. The van der Waals surface area contributed by atoms with Gasteiger partial charge < -0.3 is 9.15 Å². The Morgan fingerprint density at radius 3 is 2.29 bits per heavy atom. The fraction of sp³-hybridized carbons (Fsp3) is 0.167. The zero-order valence-corrected chi connectivity index (χ0v) is 14.3. The van der Waals surface area contributed by atoms with Crippen molar-refractivity contribution in [3.8, 4) is 5.75 Å². The minimum absolute atomic E-state index is 0.0568. The highest BCUT2D eigenvalue weighted by Crippen LogP contribution is 2.26. The molecule has 2 aromatic carbocycles. The minimum atomic E-state index is -3.96. The first-order chi connectivity index (χ1) is 11.3. The molecule has 5 nitrogen and oxygen atoms in total. The van der Waals surface area contributed by atoms with E-state index in [0.717, 1.165) is 5.56 Å². The first-order valence-corrected chi connectivity index (χ1v) is 8.76. The number of benzene rings is 2. The topological polar surface area (TPSA) is 73.6 Å². The highest BCUT2D eigenvalue weighted by molar-refractivity contribution is 7.91. The Morgan fingerprint density at radius 1 is 1.00 bits per heavy atom. The van der Waals surface area contributed by atoms with Crippen LogP contribution in [0.25, 0.3) is 11.0 Å². The third-order valence-corrected chi connectivity index (χ3v) is 5.73. The summed E-state index contributed by atoms with van der Waals surface area (Å²) in [5.74, 6) is 0.584. The van der Waals surface area contributed by atoms with Gasteiger partial charge in [0.05, 0.1) is 17.4 Å². The average Bonchev–Trinajstić information content (AvgIpc) is 2.54. The van der Waals surface area contributed by atoms with Crippen molar-refractivity contribution in [1.29, 1.82) is 0 Å². The van der Waals surface area contributed by atoms with E-state index >= 15 is 0 Å². The van der Waals surface area contributed by atoms with Gasteiger partial charge in [-0.2, -0.15) is 0 Å². The lowest BCUT2D eigenvalue weighted by atomic mass is 10.2. The number of hydrogen-bond donors (Lipinski definition) is 0. The molecule has 1 heterocycles. The number of sulfone groups is 1. The van der Waals surface area contributed by atoms with Gasteiger partial charge in [-0.1, -0.05) is 17.7 Å². The van der Waals surface area contributed by atoms with Crippen LogP contribution >= 0.6 is 0 Å². The summed E-state index contributed by atoms with van der Waals surface area (Å²) in [5, 5.41) is 0.201. The van der Waals surface area contributed by atoms with Crippen LogP contribution in [0.15, 0.2) is 61.5 Å². The van der Waals surface area contributed by atoms with E-state index < -0.39 is 15.3 Å². The van der Waals surface area contributed by atoms with E-state index in [-0.39, 0.29) is 20.9 Å². The van der Waals surface area contributed by atoms with Crippen molar-refractivity contribution in [1.82, 2.24) is 0 Å². The van der Waals surface area contributed by atoms with Gasteiger partial charge in [0.1, 0.15) is 17.1 Å². The van der Waals surface area contributed by atoms with Crippen LogP contribution in [-0.4, -0.2) is 15.5 Å². The van der Waals surface area contributed by atoms with Crippen LogP contribution in [-0.2, 0) is 9.84 Å². The molecule has 0 bridgehead atoms. The Labute approximate surface area is 139 Å². The molecule has 0 saturated heterocycles. The van der Waals surface area contributed by atoms with Crippen molar-refractivity contribution in [2.75, 3.05) is 7.11 Å². The lowest BCUT2D eigenvalue weighted by molar-refractivity contribution is 0.414. The molecule has 0 N–H and O–H groups in total. The van der Waals surface area contributed by atoms with Gasteiger partial charge in [0.2, 0.25) is 15.3 Å². The molecule has 6 heteroatoms.